The second-order valence-electron chi connectivity index (χ2n) is 8.25. The van der Waals surface area contributed by atoms with Crippen LogP contribution in [-0.4, -0.2) is 13.6 Å². The van der Waals surface area contributed by atoms with Crippen molar-refractivity contribution in [2.75, 3.05) is 5.50 Å². The minimum atomic E-state index is -0.866. The number of alkyl halides is 1. The Morgan fingerprint density at radius 2 is 1.28 bits per heavy atom. The summed E-state index contributed by atoms with van der Waals surface area (Å²) in [7, 11) is -0.866. The molecule has 0 nitrogen and oxygen atoms in total. The number of hydrogen-bond donors (Lipinski definition) is 0. The van der Waals surface area contributed by atoms with Gasteiger partial charge in [-0.05, 0) is 0 Å². The average Bonchev–Trinajstić information content (AvgIpc) is 3.20. The summed E-state index contributed by atoms with van der Waals surface area (Å²) < 4.78 is 3.73. The molecule has 2 aliphatic rings. The van der Waals surface area contributed by atoms with E-state index < -0.39 is 31.3 Å². The largest absolute Gasteiger partial charge is 0.130 e. The number of unbranched alkanes of at least 4 members (excludes halogenated alkanes) is 2. The van der Waals surface area contributed by atoms with Crippen molar-refractivity contribution >= 4 is 19.7 Å². The molecular weight excluding hydrogens is 419 g/mol. The summed E-state index contributed by atoms with van der Waals surface area (Å²) in [5.41, 5.74) is 4.30. The van der Waals surface area contributed by atoms with E-state index in [0.29, 0.717) is 0 Å². The predicted octanol–water partition coefficient (Wildman–Crippen LogP) is 7.98. The molecule has 0 aliphatic heterocycles. The van der Waals surface area contributed by atoms with Gasteiger partial charge in [-0.2, -0.15) is 0 Å². The van der Waals surface area contributed by atoms with Crippen LogP contribution < -0.4 is 0 Å². The van der Waals surface area contributed by atoms with Crippen molar-refractivity contribution in [3.05, 3.63) is 42.0 Å². The first-order valence-electron chi connectivity index (χ1n) is 10.0. The Kier molecular flexibility index (Phi) is 11.9. The van der Waals surface area contributed by atoms with E-state index in [0.717, 1.165) is 5.50 Å². The van der Waals surface area contributed by atoms with Crippen LogP contribution in [0, 0.1) is 0 Å². The molecule has 0 aromatic carbocycles. The number of halogens is 1. The summed E-state index contributed by atoms with van der Waals surface area (Å²) in [6, 6.07) is 0. The third kappa shape index (κ3) is 9.73. The van der Waals surface area contributed by atoms with Gasteiger partial charge in [-0.25, -0.2) is 0 Å². The van der Waals surface area contributed by atoms with Crippen molar-refractivity contribution in [3.63, 3.8) is 0 Å². The van der Waals surface area contributed by atoms with Gasteiger partial charge in [0.15, 0.2) is 0 Å². The zero-order valence-corrected chi connectivity index (χ0v) is 21.3. The SMILES string of the molecule is CCCCC1=[C]([Zr][C]2=C(CCCC)C=CC2)CC=C1.C[Si](C)(C)CCl. The average molecular weight is 456 g/mol. The summed E-state index contributed by atoms with van der Waals surface area (Å²) in [4.78, 5) is 0. The molecule has 0 fully saturated rings. The fourth-order valence-corrected chi connectivity index (χ4v) is 6.54. The molecule has 0 bridgehead atoms. The Morgan fingerprint density at radius 1 is 0.880 bits per heavy atom. The summed E-state index contributed by atoms with van der Waals surface area (Å²) in [5.74, 6) is 0. The molecule has 0 atom stereocenters. The van der Waals surface area contributed by atoms with E-state index in [1.807, 2.05) is 6.56 Å². The van der Waals surface area contributed by atoms with Crippen LogP contribution in [0.25, 0.3) is 0 Å². The van der Waals surface area contributed by atoms with Gasteiger partial charge in [0.1, 0.15) is 0 Å². The Balaban J connectivity index is 0.000000450. The molecule has 3 heteroatoms. The normalized spacial score (nSPS) is 16.6. The Bertz CT molecular complexity index is 481. The summed E-state index contributed by atoms with van der Waals surface area (Å²) in [5, 5.41) is 0. The minimum absolute atomic E-state index is 0.463. The standard InChI is InChI=1S/2C9H13.C4H11ClSi.Zr/c2*1-2-3-6-9-7-4-5-8-9;1-6(2,3)4-5;/h2*4,7H,2-3,5-6H2,1H3;4H2,1-3H3;. The number of hydrogen-bond acceptors (Lipinski definition) is 0. The number of allylic oxidation sites excluding steroid dienone is 8. The zero-order valence-electron chi connectivity index (χ0n) is 17.1. The van der Waals surface area contributed by atoms with Crippen LogP contribution in [0.1, 0.15) is 65.2 Å². The van der Waals surface area contributed by atoms with Crippen molar-refractivity contribution in [2.24, 2.45) is 0 Å². The van der Waals surface area contributed by atoms with E-state index in [9.17, 15) is 0 Å². The molecule has 0 heterocycles. The van der Waals surface area contributed by atoms with E-state index in [4.69, 9.17) is 11.6 Å². The molecule has 0 spiro atoms. The predicted molar refractivity (Wildman–Crippen MR) is 115 cm³/mol. The zero-order chi connectivity index (χ0) is 18.7. The van der Waals surface area contributed by atoms with E-state index >= 15 is 0 Å². The molecule has 0 radical (unpaired) electrons. The first-order chi connectivity index (χ1) is 11.9. The molecule has 0 aromatic rings. The third-order valence-electron chi connectivity index (χ3n) is 4.36. The molecule has 0 unspecified atom stereocenters. The maximum absolute atomic E-state index is 5.54. The van der Waals surface area contributed by atoms with Crippen LogP contribution in [0.3, 0.4) is 0 Å². The molecule has 0 amide bonds. The number of rotatable bonds is 9. The fraction of sp³-hybridized carbons (Fsp3) is 0.636. The Morgan fingerprint density at radius 3 is 1.60 bits per heavy atom. The molecule has 0 saturated heterocycles. The summed E-state index contributed by atoms with van der Waals surface area (Å²) >= 11 is 5.08. The van der Waals surface area contributed by atoms with Crippen molar-refractivity contribution in [2.45, 2.75) is 84.9 Å². The van der Waals surface area contributed by atoms with Crippen LogP contribution in [0.15, 0.2) is 42.0 Å². The van der Waals surface area contributed by atoms with Gasteiger partial charge in [-0.3, -0.25) is 0 Å². The van der Waals surface area contributed by atoms with Crippen molar-refractivity contribution < 1.29 is 23.2 Å². The Labute approximate surface area is 174 Å². The van der Waals surface area contributed by atoms with E-state index in [1.54, 1.807) is 11.1 Å². The second-order valence-corrected chi connectivity index (χ2v) is 18.0. The molecule has 140 valence electrons. The first-order valence-corrected chi connectivity index (χ1v) is 16.7. The van der Waals surface area contributed by atoms with Crippen LogP contribution in [0.2, 0.25) is 19.6 Å². The van der Waals surface area contributed by atoms with E-state index in [-0.39, 0.29) is 0 Å². The molecule has 0 N–H and O–H groups in total. The van der Waals surface area contributed by atoms with Gasteiger partial charge in [0.25, 0.3) is 0 Å². The molecule has 0 saturated carbocycles. The summed E-state index contributed by atoms with van der Waals surface area (Å²) in [6.07, 6.45) is 20.2. The Hall–Kier alpha value is 0.350. The van der Waals surface area contributed by atoms with Crippen molar-refractivity contribution in [1.29, 1.82) is 0 Å². The van der Waals surface area contributed by atoms with Gasteiger partial charge < -0.3 is 0 Å². The molecule has 25 heavy (non-hydrogen) atoms. The van der Waals surface area contributed by atoms with Crippen LogP contribution >= 0.6 is 11.6 Å². The molecular formula is C22H37ClSiZr. The topological polar surface area (TPSA) is 0 Å². The van der Waals surface area contributed by atoms with Crippen molar-refractivity contribution in [3.8, 4) is 0 Å². The monoisotopic (exact) mass is 454 g/mol. The summed E-state index contributed by atoms with van der Waals surface area (Å²) in [6.45, 7) is 11.3. The quantitative estimate of drug-likeness (QED) is 0.244. The molecule has 0 aromatic heterocycles. The van der Waals surface area contributed by atoms with Gasteiger partial charge in [-0.15, -0.1) is 11.6 Å². The molecule has 2 rings (SSSR count). The van der Waals surface area contributed by atoms with Gasteiger partial charge in [0.2, 0.25) is 0 Å². The fourth-order valence-electron chi connectivity index (χ4n) is 2.75. The third-order valence-corrected chi connectivity index (χ3v) is 11.6. The second kappa shape index (κ2) is 12.7. The van der Waals surface area contributed by atoms with Gasteiger partial charge in [0.05, 0.1) is 8.07 Å². The maximum Gasteiger partial charge on any atom is 0.0609 e. The van der Waals surface area contributed by atoms with E-state index in [2.05, 4.69) is 57.8 Å². The first kappa shape index (κ1) is 23.4. The maximum atomic E-state index is 5.54. The van der Waals surface area contributed by atoms with Crippen molar-refractivity contribution in [1.82, 2.24) is 0 Å². The van der Waals surface area contributed by atoms with Crippen LogP contribution in [0.5, 0.6) is 0 Å². The van der Waals surface area contributed by atoms with Gasteiger partial charge in [0, 0.05) is 5.50 Å². The smallest absolute Gasteiger partial charge is 0.0609 e. The van der Waals surface area contributed by atoms with Crippen LogP contribution in [-0.2, 0) is 23.2 Å². The van der Waals surface area contributed by atoms with Gasteiger partial charge >= 0.3 is 130 Å². The van der Waals surface area contributed by atoms with Crippen LogP contribution in [0.4, 0.5) is 0 Å². The molecule has 2 aliphatic carbocycles. The van der Waals surface area contributed by atoms with Gasteiger partial charge in [-0.1, -0.05) is 19.6 Å². The minimum Gasteiger partial charge on any atom is -0.130 e. The van der Waals surface area contributed by atoms with E-state index in [1.165, 1.54) is 51.4 Å².